The Labute approximate surface area is 234 Å². The molecule has 3 aromatic rings. The number of carbonyl (C=O) groups excluding carboxylic acids is 2. The van der Waals surface area contributed by atoms with Crippen molar-refractivity contribution >= 4 is 43.5 Å². The van der Waals surface area contributed by atoms with Crippen LogP contribution in [0.25, 0.3) is 0 Å². The summed E-state index contributed by atoms with van der Waals surface area (Å²) in [6, 6.07) is 21.6. The number of halogens is 1. The zero-order valence-corrected chi connectivity index (χ0v) is 24.5. The lowest BCUT2D eigenvalue weighted by Crippen LogP contribution is -2.52. The van der Waals surface area contributed by atoms with Crippen LogP contribution in [0.1, 0.15) is 38.3 Å². The van der Waals surface area contributed by atoms with Crippen molar-refractivity contribution in [2.75, 3.05) is 10.8 Å². The Balaban J connectivity index is 2.01. The molecule has 0 heterocycles. The molecule has 0 aliphatic heterocycles. The Morgan fingerprint density at radius 1 is 0.947 bits per heavy atom. The zero-order valence-electron chi connectivity index (χ0n) is 22.1. The summed E-state index contributed by atoms with van der Waals surface area (Å²) in [5, 5.41) is 2.94. The van der Waals surface area contributed by atoms with Crippen molar-refractivity contribution in [3.63, 3.8) is 0 Å². The fraction of sp³-hybridized carbons (Fsp3) is 0.310. The smallest absolute Gasteiger partial charge is 0.264 e. The first kappa shape index (κ1) is 29.4. The van der Waals surface area contributed by atoms with Gasteiger partial charge in [0.25, 0.3) is 10.0 Å². The lowest BCUT2D eigenvalue weighted by Gasteiger charge is -2.32. The standard InChI is InChI=1S/C29H34BrN3O4S/c1-5-22(3)31-29(35)23(4)32(19-24-16-14-21(2)15-17-24)28(34)20-33(26-11-9-10-25(30)18-26)38(36,37)27-12-7-6-8-13-27/h6-18,22-23H,5,19-20H2,1-4H3,(H,31,35)/t22-,23+/m1/s1. The van der Waals surface area contributed by atoms with Gasteiger partial charge in [0.2, 0.25) is 11.8 Å². The van der Waals surface area contributed by atoms with Crippen molar-refractivity contribution in [3.8, 4) is 0 Å². The maximum atomic E-state index is 13.9. The number of nitrogens with zero attached hydrogens (tertiary/aromatic N) is 2. The van der Waals surface area contributed by atoms with Crippen molar-refractivity contribution in [2.24, 2.45) is 0 Å². The van der Waals surface area contributed by atoms with Crippen molar-refractivity contribution in [1.29, 1.82) is 0 Å². The van der Waals surface area contributed by atoms with Gasteiger partial charge in [-0.25, -0.2) is 8.42 Å². The molecule has 202 valence electrons. The summed E-state index contributed by atoms with van der Waals surface area (Å²) in [4.78, 5) is 28.5. The van der Waals surface area contributed by atoms with Gasteiger partial charge in [-0.3, -0.25) is 13.9 Å². The van der Waals surface area contributed by atoms with Crippen molar-refractivity contribution in [3.05, 3.63) is 94.5 Å². The Bertz CT molecular complexity index is 1350. The van der Waals surface area contributed by atoms with Gasteiger partial charge in [-0.15, -0.1) is 0 Å². The van der Waals surface area contributed by atoms with E-state index in [1.807, 2.05) is 45.0 Å². The van der Waals surface area contributed by atoms with Crippen LogP contribution in [0, 0.1) is 6.92 Å². The number of sulfonamides is 1. The van der Waals surface area contributed by atoms with E-state index in [-0.39, 0.29) is 23.4 Å². The molecular formula is C29H34BrN3O4S. The average Bonchev–Trinajstić information content (AvgIpc) is 2.91. The van der Waals surface area contributed by atoms with E-state index in [4.69, 9.17) is 0 Å². The first-order valence-electron chi connectivity index (χ1n) is 12.5. The Morgan fingerprint density at radius 3 is 2.21 bits per heavy atom. The highest BCUT2D eigenvalue weighted by Crippen LogP contribution is 2.27. The van der Waals surface area contributed by atoms with Gasteiger partial charge in [0.1, 0.15) is 12.6 Å². The van der Waals surface area contributed by atoms with Crippen LogP contribution in [0.4, 0.5) is 5.69 Å². The summed E-state index contributed by atoms with van der Waals surface area (Å²) >= 11 is 3.40. The van der Waals surface area contributed by atoms with Crippen molar-refractivity contribution < 1.29 is 18.0 Å². The predicted octanol–water partition coefficient (Wildman–Crippen LogP) is 5.28. The Kier molecular flexibility index (Phi) is 10.1. The molecule has 0 fully saturated rings. The second kappa shape index (κ2) is 13.1. The molecule has 0 aliphatic rings. The third-order valence-electron chi connectivity index (χ3n) is 6.35. The molecular weight excluding hydrogens is 566 g/mol. The number of hydrogen-bond donors (Lipinski definition) is 1. The summed E-state index contributed by atoms with van der Waals surface area (Å²) in [5.74, 6) is -0.781. The first-order chi connectivity index (χ1) is 18.0. The van der Waals surface area contributed by atoms with Gasteiger partial charge in [0.15, 0.2) is 0 Å². The molecule has 7 nitrogen and oxygen atoms in total. The van der Waals surface area contributed by atoms with E-state index in [0.717, 1.165) is 21.9 Å². The SMILES string of the molecule is CC[C@@H](C)NC(=O)[C@H](C)N(Cc1ccc(C)cc1)C(=O)CN(c1cccc(Br)c1)S(=O)(=O)c1ccccc1. The van der Waals surface area contributed by atoms with Crippen molar-refractivity contribution in [1.82, 2.24) is 10.2 Å². The maximum Gasteiger partial charge on any atom is 0.264 e. The van der Waals surface area contributed by atoms with Gasteiger partial charge in [0, 0.05) is 17.1 Å². The third-order valence-corrected chi connectivity index (χ3v) is 8.63. The number of benzene rings is 3. The minimum absolute atomic E-state index is 0.0575. The number of anilines is 1. The Morgan fingerprint density at radius 2 is 1.61 bits per heavy atom. The lowest BCUT2D eigenvalue weighted by atomic mass is 10.1. The van der Waals surface area contributed by atoms with Gasteiger partial charge in [0.05, 0.1) is 10.6 Å². The normalized spacial score (nSPS) is 12.9. The van der Waals surface area contributed by atoms with Crippen molar-refractivity contribution in [2.45, 2.75) is 57.6 Å². The molecule has 0 unspecified atom stereocenters. The van der Waals surface area contributed by atoms with E-state index in [9.17, 15) is 18.0 Å². The van der Waals surface area contributed by atoms with Crippen LogP contribution in [0.5, 0.6) is 0 Å². The number of amides is 2. The molecule has 0 saturated carbocycles. The quantitative estimate of drug-likeness (QED) is 0.324. The second-order valence-corrected chi connectivity index (χ2v) is 12.1. The number of nitrogens with one attached hydrogen (secondary N) is 1. The molecule has 2 amide bonds. The number of carbonyl (C=O) groups is 2. The maximum absolute atomic E-state index is 13.9. The third kappa shape index (κ3) is 7.45. The molecule has 0 radical (unpaired) electrons. The summed E-state index contributed by atoms with van der Waals surface area (Å²) < 4.78 is 29.3. The molecule has 1 N–H and O–H groups in total. The molecule has 0 saturated heterocycles. The molecule has 3 rings (SSSR count). The van der Waals surface area contributed by atoms with Crippen LogP contribution >= 0.6 is 15.9 Å². The van der Waals surface area contributed by atoms with Crippen LogP contribution in [0.3, 0.4) is 0 Å². The molecule has 38 heavy (non-hydrogen) atoms. The molecule has 2 atom stereocenters. The minimum Gasteiger partial charge on any atom is -0.352 e. The average molecular weight is 601 g/mol. The van der Waals surface area contributed by atoms with E-state index < -0.39 is 28.5 Å². The fourth-order valence-corrected chi connectivity index (χ4v) is 5.63. The molecule has 0 aliphatic carbocycles. The van der Waals surface area contributed by atoms with E-state index >= 15 is 0 Å². The van der Waals surface area contributed by atoms with Crippen LogP contribution < -0.4 is 9.62 Å². The summed E-state index contributed by atoms with van der Waals surface area (Å²) in [6.45, 7) is 7.19. The van der Waals surface area contributed by atoms with Crippen LogP contribution in [-0.4, -0.2) is 43.8 Å². The fourth-order valence-electron chi connectivity index (χ4n) is 3.82. The van der Waals surface area contributed by atoms with Crippen LogP contribution in [0.2, 0.25) is 0 Å². The number of hydrogen-bond acceptors (Lipinski definition) is 4. The Hall–Kier alpha value is -3.17. The summed E-state index contributed by atoms with van der Waals surface area (Å²) in [7, 11) is -4.08. The lowest BCUT2D eigenvalue weighted by molar-refractivity contribution is -0.139. The largest absolute Gasteiger partial charge is 0.352 e. The highest BCUT2D eigenvalue weighted by molar-refractivity contribution is 9.10. The van der Waals surface area contributed by atoms with Gasteiger partial charge in [-0.05, 0) is 63.1 Å². The van der Waals surface area contributed by atoms with E-state index in [0.29, 0.717) is 10.2 Å². The predicted molar refractivity (Wildman–Crippen MR) is 154 cm³/mol. The van der Waals surface area contributed by atoms with Gasteiger partial charge < -0.3 is 10.2 Å². The van der Waals surface area contributed by atoms with Gasteiger partial charge >= 0.3 is 0 Å². The van der Waals surface area contributed by atoms with Crippen LogP contribution in [-0.2, 0) is 26.2 Å². The highest BCUT2D eigenvalue weighted by Gasteiger charge is 2.32. The topological polar surface area (TPSA) is 86.8 Å². The van der Waals surface area contributed by atoms with E-state index in [1.165, 1.54) is 17.0 Å². The van der Waals surface area contributed by atoms with E-state index in [1.54, 1.807) is 49.4 Å². The number of rotatable bonds is 11. The molecule has 0 aromatic heterocycles. The second-order valence-electron chi connectivity index (χ2n) is 9.31. The van der Waals surface area contributed by atoms with Crippen LogP contribution in [0.15, 0.2) is 88.2 Å². The number of aryl methyl sites for hydroxylation is 1. The molecule has 0 bridgehead atoms. The minimum atomic E-state index is -4.08. The zero-order chi connectivity index (χ0) is 27.9. The summed E-state index contributed by atoms with van der Waals surface area (Å²) in [6.07, 6.45) is 0.746. The molecule has 9 heteroatoms. The van der Waals surface area contributed by atoms with E-state index in [2.05, 4.69) is 21.2 Å². The molecule has 3 aromatic carbocycles. The van der Waals surface area contributed by atoms with Gasteiger partial charge in [-0.2, -0.15) is 0 Å². The highest BCUT2D eigenvalue weighted by atomic mass is 79.9. The monoisotopic (exact) mass is 599 g/mol. The first-order valence-corrected chi connectivity index (χ1v) is 14.7. The molecule has 0 spiro atoms. The summed E-state index contributed by atoms with van der Waals surface area (Å²) in [5.41, 5.74) is 2.25. The van der Waals surface area contributed by atoms with Gasteiger partial charge in [-0.1, -0.05) is 76.9 Å².